The molecular weight excluding hydrogens is 168 g/mol. The number of aromatic hydroxyl groups is 1. The lowest BCUT2D eigenvalue weighted by Crippen LogP contribution is -2.15. The van der Waals surface area contributed by atoms with Gasteiger partial charge in [-0.05, 0) is 17.7 Å². The zero-order chi connectivity index (χ0) is 9.68. The maximum atomic E-state index is 10.4. The quantitative estimate of drug-likeness (QED) is 0.707. The first kappa shape index (κ1) is 9.74. The summed E-state index contributed by atoms with van der Waals surface area (Å²) in [6, 6.07) is 6.79. The van der Waals surface area contributed by atoms with E-state index in [1.165, 1.54) is 7.11 Å². The van der Waals surface area contributed by atoms with Gasteiger partial charge in [0.15, 0.2) is 0 Å². The van der Waals surface area contributed by atoms with Crippen LogP contribution in [-0.2, 0) is 16.0 Å². The number of benzene rings is 1. The van der Waals surface area contributed by atoms with E-state index in [-0.39, 0.29) is 5.75 Å². The monoisotopic (exact) mass is 180 g/mol. The van der Waals surface area contributed by atoms with Crippen molar-refractivity contribution in [3.8, 4) is 5.75 Å². The average Bonchev–Trinajstić information content (AvgIpc) is 2.14. The highest BCUT2D eigenvalue weighted by Crippen LogP contribution is 2.12. The van der Waals surface area contributed by atoms with Gasteiger partial charge in [0.2, 0.25) is 0 Å². The Morgan fingerprint density at radius 3 is 2.92 bits per heavy atom. The minimum absolute atomic E-state index is 0.207. The van der Waals surface area contributed by atoms with E-state index in [0.29, 0.717) is 6.42 Å². The minimum Gasteiger partial charge on any atom is -0.508 e. The zero-order valence-corrected chi connectivity index (χ0v) is 7.43. The van der Waals surface area contributed by atoms with Crippen LogP contribution in [0.25, 0.3) is 0 Å². The molecule has 1 unspecified atom stereocenters. The lowest BCUT2D eigenvalue weighted by atomic mass is 10.1. The van der Waals surface area contributed by atoms with Gasteiger partial charge in [-0.2, -0.15) is 0 Å². The maximum Gasteiger partial charge on any atom is 0.149 e. The van der Waals surface area contributed by atoms with Crippen molar-refractivity contribution in [3.05, 3.63) is 29.8 Å². The molecule has 0 bridgehead atoms. The highest BCUT2D eigenvalue weighted by atomic mass is 16.5. The smallest absolute Gasteiger partial charge is 0.149 e. The Morgan fingerprint density at radius 2 is 2.38 bits per heavy atom. The van der Waals surface area contributed by atoms with Crippen molar-refractivity contribution in [1.29, 1.82) is 0 Å². The molecule has 0 spiro atoms. The predicted octanol–water partition coefficient (Wildman–Crippen LogP) is 1.15. The molecule has 0 aromatic heterocycles. The number of hydrogen-bond donors (Lipinski definition) is 1. The van der Waals surface area contributed by atoms with Crippen LogP contribution in [0.2, 0.25) is 0 Å². The summed E-state index contributed by atoms with van der Waals surface area (Å²) in [6.07, 6.45) is 0.820. The number of hydrogen-bond acceptors (Lipinski definition) is 3. The SMILES string of the molecule is COC(C=O)Cc1cccc(O)c1. The van der Waals surface area contributed by atoms with Crippen molar-refractivity contribution >= 4 is 6.29 Å². The van der Waals surface area contributed by atoms with Crippen LogP contribution in [0, 0.1) is 0 Å². The molecule has 1 rings (SSSR count). The molecule has 1 atom stereocenters. The standard InChI is InChI=1S/C10H12O3/c1-13-10(7-11)6-8-3-2-4-9(12)5-8/h2-5,7,10,12H,6H2,1H3. The molecule has 0 aliphatic carbocycles. The van der Waals surface area contributed by atoms with Crippen LogP contribution in [0.4, 0.5) is 0 Å². The number of phenols is 1. The van der Waals surface area contributed by atoms with E-state index >= 15 is 0 Å². The van der Waals surface area contributed by atoms with Gasteiger partial charge in [-0.1, -0.05) is 12.1 Å². The van der Waals surface area contributed by atoms with E-state index in [1.807, 2.05) is 6.07 Å². The Labute approximate surface area is 77.0 Å². The molecule has 1 aromatic rings. The minimum atomic E-state index is -0.429. The lowest BCUT2D eigenvalue weighted by molar-refractivity contribution is -0.116. The molecule has 0 saturated carbocycles. The maximum absolute atomic E-state index is 10.4. The number of phenolic OH excluding ortho intramolecular Hbond substituents is 1. The molecule has 1 aromatic carbocycles. The third-order valence-electron chi connectivity index (χ3n) is 1.80. The summed E-state index contributed by atoms with van der Waals surface area (Å²) >= 11 is 0. The van der Waals surface area contributed by atoms with Gasteiger partial charge in [0.1, 0.15) is 18.1 Å². The Morgan fingerprint density at radius 1 is 1.62 bits per heavy atom. The van der Waals surface area contributed by atoms with E-state index in [0.717, 1.165) is 11.8 Å². The van der Waals surface area contributed by atoms with Gasteiger partial charge < -0.3 is 14.6 Å². The molecular formula is C10H12O3. The summed E-state index contributed by atoms with van der Waals surface area (Å²) in [5.41, 5.74) is 0.888. The molecule has 70 valence electrons. The van der Waals surface area contributed by atoms with Gasteiger partial charge >= 0.3 is 0 Å². The summed E-state index contributed by atoms with van der Waals surface area (Å²) < 4.78 is 4.89. The number of methoxy groups -OCH3 is 1. The molecule has 0 heterocycles. The topological polar surface area (TPSA) is 46.5 Å². The number of carbonyl (C=O) groups is 1. The summed E-state index contributed by atoms with van der Waals surface area (Å²) in [6.45, 7) is 0. The summed E-state index contributed by atoms with van der Waals surface area (Å²) in [4.78, 5) is 10.4. The van der Waals surface area contributed by atoms with Gasteiger partial charge in [0.25, 0.3) is 0 Å². The second-order valence-electron chi connectivity index (χ2n) is 2.78. The molecule has 0 amide bonds. The fourth-order valence-corrected chi connectivity index (χ4v) is 1.10. The number of rotatable bonds is 4. The Balaban J connectivity index is 2.67. The van der Waals surface area contributed by atoms with E-state index < -0.39 is 6.10 Å². The van der Waals surface area contributed by atoms with Gasteiger partial charge in [0.05, 0.1) is 0 Å². The first-order valence-corrected chi connectivity index (χ1v) is 4.02. The number of carbonyl (C=O) groups excluding carboxylic acids is 1. The molecule has 0 radical (unpaired) electrons. The molecule has 13 heavy (non-hydrogen) atoms. The van der Waals surface area contributed by atoms with E-state index in [1.54, 1.807) is 18.2 Å². The first-order valence-electron chi connectivity index (χ1n) is 4.02. The Bertz CT molecular complexity index is 283. The first-order chi connectivity index (χ1) is 6.26. The summed E-state index contributed by atoms with van der Waals surface area (Å²) in [5, 5.41) is 9.14. The van der Waals surface area contributed by atoms with Gasteiger partial charge in [-0.3, -0.25) is 0 Å². The predicted molar refractivity (Wildman–Crippen MR) is 48.7 cm³/mol. The molecule has 0 fully saturated rings. The summed E-state index contributed by atoms with van der Waals surface area (Å²) in [7, 11) is 1.49. The molecule has 3 nitrogen and oxygen atoms in total. The van der Waals surface area contributed by atoms with Crippen LogP contribution in [0.1, 0.15) is 5.56 Å². The van der Waals surface area contributed by atoms with E-state index in [9.17, 15) is 4.79 Å². The Kier molecular flexibility index (Phi) is 3.46. The summed E-state index contributed by atoms with van der Waals surface area (Å²) in [5.74, 6) is 0.207. The second kappa shape index (κ2) is 4.62. The van der Waals surface area contributed by atoms with Crippen LogP contribution >= 0.6 is 0 Å². The highest BCUT2D eigenvalue weighted by molar-refractivity contribution is 5.56. The van der Waals surface area contributed by atoms with Gasteiger partial charge in [-0.15, -0.1) is 0 Å². The van der Waals surface area contributed by atoms with Crippen molar-refractivity contribution in [1.82, 2.24) is 0 Å². The van der Waals surface area contributed by atoms with Crippen molar-refractivity contribution in [2.75, 3.05) is 7.11 Å². The molecule has 1 N–H and O–H groups in total. The van der Waals surface area contributed by atoms with Crippen molar-refractivity contribution in [2.24, 2.45) is 0 Å². The van der Waals surface area contributed by atoms with Crippen LogP contribution in [-0.4, -0.2) is 24.6 Å². The molecule has 0 aliphatic heterocycles. The van der Waals surface area contributed by atoms with E-state index in [4.69, 9.17) is 9.84 Å². The Hall–Kier alpha value is -1.35. The fourth-order valence-electron chi connectivity index (χ4n) is 1.10. The van der Waals surface area contributed by atoms with Gasteiger partial charge in [-0.25, -0.2) is 0 Å². The third-order valence-corrected chi connectivity index (χ3v) is 1.80. The number of ether oxygens (including phenoxy) is 1. The molecule has 0 aliphatic rings. The highest BCUT2D eigenvalue weighted by Gasteiger charge is 2.06. The largest absolute Gasteiger partial charge is 0.508 e. The van der Waals surface area contributed by atoms with Crippen LogP contribution in [0.5, 0.6) is 5.75 Å². The molecule has 0 saturated heterocycles. The lowest BCUT2D eigenvalue weighted by Gasteiger charge is -2.07. The van der Waals surface area contributed by atoms with Crippen molar-refractivity contribution in [2.45, 2.75) is 12.5 Å². The number of aldehydes is 1. The average molecular weight is 180 g/mol. The molecule has 3 heteroatoms. The van der Waals surface area contributed by atoms with Crippen molar-refractivity contribution < 1.29 is 14.6 Å². The van der Waals surface area contributed by atoms with Crippen LogP contribution in [0.15, 0.2) is 24.3 Å². The van der Waals surface area contributed by atoms with Crippen LogP contribution < -0.4 is 0 Å². The normalized spacial score (nSPS) is 12.4. The third kappa shape index (κ3) is 2.87. The van der Waals surface area contributed by atoms with Gasteiger partial charge in [0, 0.05) is 13.5 Å². The van der Waals surface area contributed by atoms with Crippen molar-refractivity contribution in [3.63, 3.8) is 0 Å². The van der Waals surface area contributed by atoms with E-state index in [2.05, 4.69) is 0 Å². The second-order valence-corrected chi connectivity index (χ2v) is 2.78. The zero-order valence-electron chi connectivity index (χ0n) is 7.43. The van der Waals surface area contributed by atoms with Crippen LogP contribution in [0.3, 0.4) is 0 Å². The fraction of sp³-hybridized carbons (Fsp3) is 0.300.